The highest BCUT2D eigenvalue weighted by molar-refractivity contribution is 9.10. The van der Waals surface area contributed by atoms with Crippen molar-refractivity contribution in [1.29, 1.82) is 0 Å². The van der Waals surface area contributed by atoms with E-state index in [2.05, 4.69) is 15.9 Å². The monoisotopic (exact) mass is 345 g/mol. The van der Waals surface area contributed by atoms with E-state index in [1.54, 1.807) is 43.3 Å². The average molecular weight is 346 g/mol. The van der Waals surface area contributed by atoms with Crippen LogP contribution in [0.15, 0.2) is 46.9 Å². The smallest absolute Gasteiger partial charge is 0.262 e. The lowest BCUT2D eigenvalue weighted by molar-refractivity contribution is 0.0595. The van der Waals surface area contributed by atoms with Crippen molar-refractivity contribution < 1.29 is 14.7 Å². The Morgan fingerprint density at radius 1 is 1.05 bits per heavy atom. The Morgan fingerprint density at radius 3 is 2.14 bits per heavy atom. The predicted octanol–water partition coefficient (Wildman–Crippen LogP) is 3.51. The first kappa shape index (κ1) is 13.8. The minimum absolute atomic E-state index is 0.119. The summed E-state index contributed by atoms with van der Waals surface area (Å²) >= 11 is 3.24. The summed E-state index contributed by atoms with van der Waals surface area (Å²) in [5, 5.41) is 9.54. The molecule has 2 aromatic carbocycles. The van der Waals surface area contributed by atoms with Crippen molar-refractivity contribution in [2.45, 2.75) is 13.0 Å². The average Bonchev–Trinajstić information content (AvgIpc) is 2.74. The first-order chi connectivity index (χ1) is 10.0. The number of phenols is 1. The van der Waals surface area contributed by atoms with E-state index < -0.39 is 6.04 Å². The van der Waals surface area contributed by atoms with E-state index >= 15 is 0 Å². The largest absolute Gasteiger partial charge is 0.507 e. The van der Waals surface area contributed by atoms with Crippen molar-refractivity contribution in [2.24, 2.45) is 0 Å². The van der Waals surface area contributed by atoms with Crippen LogP contribution in [0.1, 0.15) is 39.2 Å². The van der Waals surface area contributed by atoms with Gasteiger partial charge < -0.3 is 5.11 Å². The maximum absolute atomic E-state index is 12.4. The van der Waals surface area contributed by atoms with E-state index in [0.29, 0.717) is 15.6 Å². The number of carbonyl (C=O) groups excluding carboxylic acids is 2. The van der Waals surface area contributed by atoms with Gasteiger partial charge in [-0.1, -0.05) is 18.2 Å². The molecule has 0 saturated carbocycles. The zero-order valence-corrected chi connectivity index (χ0v) is 12.8. The van der Waals surface area contributed by atoms with Crippen LogP contribution in [0.4, 0.5) is 0 Å². The van der Waals surface area contributed by atoms with Gasteiger partial charge in [0, 0.05) is 0 Å². The van der Waals surface area contributed by atoms with Crippen LogP contribution >= 0.6 is 15.9 Å². The summed E-state index contributed by atoms with van der Waals surface area (Å²) < 4.78 is 0.531. The molecule has 5 heteroatoms. The molecule has 0 aliphatic carbocycles. The lowest BCUT2D eigenvalue weighted by Gasteiger charge is -2.23. The third kappa shape index (κ3) is 2.14. The number of phenolic OH excluding ortho intramolecular Hbond substituents is 1. The zero-order valence-electron chi connectivity index (χ0n) is 11.2. The molecule has 106 valence electrons. The first-order valence-corrected chi connectivity index (χ1v) is 7.25. The molecule has 1 unspecified atom stereocenters. The van der Waals surface area contributed by atoms with Gasteiger partial charge in [0.2, 0.25) is 0 Å². The van der Waals surface area contributed by atoms with Crippen molar-refractivity contribution in [1.82, 2.24) is 4.90 Å². The predicted molar refractivity (Wildman–Crippen MR) is 81.2 cm³/mol. The number of fused-ring (bicyclic) bond motifs is 1. The Morgan fingerprint density at radius 2 is 1.62 bits per heavy atom. The van der Waals surface area contributed by atoms with Crippen molar-refractivity contribution in [3.05, 3.63) is 63.6 Å². The quantitative estimate of drug-likeness (QED) is 0.847. The van der Waals surface area contributed by atoms with Crippen molar-refractivity contribution in [3.63, 3.8) is 0 Å². The second-order valence-electron chi connectivity index (χ2n) is 4.91. The molecule has 1 atom stereocenters. The fourth-order valence-electron chi connectivity index (χ4n) is 2.49. The molecule has 2 aromatic rings. The molecular weight excluding hydrogens is 334 g/mol. The lowest BCUT2D eigenvalue weighted by Crippen LogP contribution is -2.32. The number of benzene rings is 2. The molecule has 0 spiro atoms. The first-order valence-electron chi connectivity index (χ1n) is 6.46. The number of imide groups is 1. The van der Waals surface area contributed by atoms with Crippen LogP contribution in [0.25, 0.3) is 0 Å². The molecule has 3 rings (SSSR count). The minimum Gasteiger partial charge on any atom is -0.507 e. The summed E-state index contributed by atoms with van der Waals surface area (Å²) in [5.41, 5.74) is 1.65. The normalized spacial score (nSPS) is 15.2. The van der Waals surface area contributed by atoms with E-state index in [0.717, 1.165) is 5.56 Å². The highest BCUT2D eigenvalue weighted by Gasteiger charge is 2.38. The van der Waals surface area contributed by atoms with Crippen LogP contribution in [-0.2, 0) is 0 Å². The maximum Gasteiger partial charge on any atom is 0.262 e. The minimum atomic E-state index is -0.408. The molecule has 0 radical (unpaired) electrons. The highest BCUT2D eigenvalue weighted by Crippen LogP contribution is 2.33. The van der Waals surface area contributed by atoms with Gasteiger partial charge in [-0.05, 0) is 52.7 Å². The number of amides is 2. The van der Waals surface area contributed by atoms with E-state index in [-0.39, 0.29) is 17.6 Å². The van der Waals surface area contributed by atoms with E-state index in [9.17, 15) is 14.7 Å². The van der Waals surface area contributed by atoms with Crippen LogP contribution in [0, 0.1) is 0 Å². The van der Waals surface area contributed by atoms with Gasteiger partial charge in [-0.2, -0.15) is 0 Å². The number of hydrogen-bond acceptors (Lipinski definition) is 3. The molecule has 4 nitrogen and oxygen atoms in total. The number of rotatable bonds is 2. The van der Waals surface area contributed by atoms with E-state index in [1.807, 2.05) is 0 Å². The molecule has 21 heavy (non-hydrogen) atoms. The SMILES string of the molecule is CC(c1ccc(O)c(Br)c1)N1C(=O)c2ccccc2C1=O. The van der Waals surface area contributed by atoms with E-state index in [1.165, 1.54) is 11.0 Å². The lowest BCUT2D eigenvalue weighted by atomic mass is 10.1. The molecule has 0 bridgehead atoms. The fraction of sp³-hybridized carbons (Fsp3) is 0.125. The van der Waals surface area contributed by atoms with Crippen molar-refractivity contribution >= 4 is 27.7 Å². The third-order valence-electron chi connectivity index (χ3n) is 3.67. The molecule has 1 aliphatic rings. The van der Waals surface area contributed by atoms with Crippen LogP contribution < -0.4 is 0 Å². The maximum atomic E-state index is 12.4. The number of carbonyl (C=O) groups is 2. The topological polar surface area (TPSA) is 57.6 Å². The van der Waals surface area contributed by atoms with Gasteiger partial charge in [0.15, 0.2) is 0 Å². The van der Waals surface area contributed by atoms with Crippen molar-refractivity contribution in [2.75, 3.05) is 0 Å². The molecule has 1 heterocycles. The molecule has 0 aromatic heterocycles. The molecule has 0 fully saturated rings. The van der Waals surface area contributed by atoms with Crippen molar-refractivity contribution in [3.8, 4) is 5.75 Å². The fourth-order valence-corrected chi connectivity index (χ4v) is 2.89. The summed E-state index contributed by atoms with van der Waals surface area (Å²) in [5.74, 6) is -0.451. The van der Waals surface area contributed by atoms with Gasteiger partial charge in [0.1, 0.15) is 5.75 Å². The zero-order chi connectivity index (χ0) is 15.1. The van der Waals surface area contributed by atoms with E-state index in [4.69, 9.17) is 0 Å². The second-order valence-corrected chi connectivity index (χ2v) is 5.77. The molecular formula is C16H12BrNO3. The Balaban J connectivity index is 2.00. The van der Waals surface area contributed by atoms with Crippen LogP contribution in [0.5, 0.6) is 5.75 Å². The highest BCUT2D eigenvalue weighted by atomic mass is 79.9. The number of halogens is 1. The van der Waals surface area contributed by atoms with Crippen LogP contribution in [0.3, 0.4) is 0 Å². The van der Waals surface area contributed by atoms with Gasteiger partial charge >= 0.3 is 0 Å². The summed E-state index contributed by atoms with van der Waals surface area (Å²) in [6.07, 6.45) is 0. The van der Waals surface area contributed by atoms with Crippen LogP contribution in [-0.4, -0.2) is 21.8 Å². The third-order valence-corrected chi connectivity index (χ3v) is 4.30. The Bertz CT molecular complexity index is 722. The second kappa shape index (κ2) is 5.00. The number of nitrogens with zero attached hydrogens (tertiary/aromatic N) is 1. The van der Waals surface area contributed by atoms with Gasteiger partial charge in [-0.3, -0.25) is 14.5 Å². The number of hydrogen-bond donors (Lipinski definition) is 1. The summed E-state index contributed by atoms with van der Waals surface area (Å²) in [4.78, 5) is 26.1. The Hall–Kier alpha value is -2.14. The van der Waals surface area contributed by atoms with Gasteiger partial charge in [0.25, 0.3) is 11.8 Å². The van der Waals surface area contributed by atoms with Gasteiger partial charge in [0.05, 0.1) is 21.6 Å². The molecule has 1 aliphatic heterocycles. The molecule has 2 amide bonds. The molecule has 1 N–H and O–H groups in total. The summed E-state index contributed by atoms with van der Waals surface area (Å²) in [6, 6.07) is 11.4. The van der Waals surface area contributed by atoms with Gasteiger partial charge in [-0.25, -0.2) is 0 Å². The Labute approximate surface area is 130 Å². The standard InChI is InChI=1S/C16H12BrNO3/c1-9(10-6-7-14(19)13(17)8-10)18-15(20)11-4-2-3-5-12(11)16(18)21/h2-9,19H,1H3. The van der Waals surface area contributed by atoms with Gasteiger partial charge in [-0.15, -0.1) is 0 Å². The summed E-state index contributed by atoms with van der Waals surface area (Å²) in [6.45, 7) is 1.79. The molecule has 0 saturated heterocycles. The number of aromatic hydroxyl groups is 1. The van der Waals surface area contributed by atoms with Crippen LogP contribution in [0.2, 0.25) is 0 Å². The Kier molecular flexibility index (Phi) is 3.29. The summed E-state index contributed by atoms with van der Waals surface area (Å²) in [7, 11) is 0.